The molecule has 0 unspecified atom stereocenters. The molecule has 1 rings (SSSR count). The van der Waals surface area contributed by atoms with Crippen molar-refractivity contribution in [2.24, 2.45) is 23.7 Å². The molecule has 0 amide bonds. The van der Waals surface area contributed by atoms with Gasteiger partial charge in [-0.1, -0.05) is 48.0 Å². The molecular formula is C21H34O5. The summed E-state index contributed by atoms with van der Waals surface area (Å²) in [5.74, 6) is -2.92. The van der Waals surface area contributed by atoms with Gasteiger partial charge in [0, 0.05) is 12.8 Å². The molecule has 0 heterocycles. The predicted molar refractivity (Wildman–Crippen MR) is 101 cm³/mol. The lowest BCUT2D eigenvalue weighted by Crippen LogP contribution is -2.47. The van der Waals surface area contributed by atoms with Crippen molar-refractivity contribution in [3.8, 4) is 0 Å². The Hall–Kier alpha value is -1.49. The van der Waals surface area contributed by atoms with Gasteiger partial charge < -0.3 is 10.2 Å². The number of hydrogen-bond acceptors (Lipinski definition) is 5. The first-order chi connectivity index (χ1) is 11.9. The van der Waals surface area contributed by atoms with Crippen molar-refractivity contribution in [2.75, 3.05) is 0 Å². The van der Waals surface area contributed by atoms with Crippen LogP contribution in [0.2, 0.25) is 0 Å². The van der Waals surface area contributed by atoms with Crippen molar-refractivity contribution >= 4 is 17.3 Å². The van der Waals surface area contributed by atoms with E-state index < -0.39 is 34.6 Å². The Bertz CT molecular complexity index is 585. The predicted octanol–water partition coefficient (Wildman–Crippen LogP) is 3.79. The summed E-state index contributed by atoms with van der Waals surface area (Å²) in [6, 6.07) is 0. The molecule has 0 saturated carbocycles. The third-order valence-electron chi connectivity index (χ3n) is 4.94. The van der Waals surface area contributed by atoms with Crippen LogP contribution in [0.3, 0.4) is 0 Å². The maximum absolute atomic E-state index is 12.9. The largest absolute Gasteiger partial charge is 0.508 e. The molecule has 1 aliphatic carbocycles. The van der Waals surface area contributed by atoms with E-state index in [1.807, 2.05) is 41.5 Å². The first-order valence-corrected chi connectivity index (χ1v) is 9.69. The number of carbonyl (C=O) groups excluding carboxylic acids is 3. The first kappa shape index (κ1) is 22.6. The van der Waals surface area contributed by atoms with Gasteiger partial charge in [-0.2, -0.15) is 0 Å². The van der Waals surface area contributed by atoms with E-state index in [-0.39, 0.29) is 42.6 Å². The van der Waals surface area contributed by atoms with Crippen molar-refractivity contribution in [1.82, 2.24) is 0 Å². The fraction of sp³-hybridized carbons (Fsp3) is 0.762. The minimum Gasteiger partial charge on any atom is -0.508 e. The van der Waals surface area contributed by atoms with Gasteiger partial charge in [-0.15, -0.1) is 0 Å². The Labute approximate surface area is 156 Å². The van der Waals surface area contributed by atoms with Crippen LogP contribution in [-0.4, -0.2) is 33.2 Å². The normalized spacial score (nSPS) is 23.6. The highest BCUT2D eigenvalue weighted by atomic mass is 16.3. The van der Waals surface area contributed by atoms with Gasteiger partial charge in [0.25, 0.3) is 0 Å². The highest BCUT2D eigenvalue weighted by molar-refractivity contribution is 6.25. The Kier molecular flexibility index (Phi) is 7.75. The first-order valence-electron chi connectivity index (χ1n) is 9.69. The lowest BCUT2D eigenvalue weighted by atomic mass is 9.79. The number of Topliss-reactive ketones (excluding diaryl/α,β-unsaturated/α-hetero) is 3. The Balaban J connectivity index is 3.27. The Morgan fingerprint density at radius 1 is 1.00 bits per heavy atom. The smallest absolute Gasteiger partial charge is 0.190 e. The average Bonchev–Trinajstić information content (AvgIpc) is 2.69. The van der Waals surface area contributed by atoms with E-state index in [0.29, 0.717) is 12.8 Å². The molecule has 5 nitrogen and oxygen atoms in total. The molecule has 0 aromatic carbocycles. The molecule has 2 N–H and O–H groups in total. The molecular weight excluding hydrogens is 332 g/mol. The van der Waals surface area contributed by atoms with Crippen LogP contribution in [0.1, 0.15) is 73.6 Å². The molecule has 2 atom stereocenters. The van der Waals surface area contributed by atoms with Crippen LogP contribution >= 0.6 is 0 Å². The second kappa shape index (κ2) is 8.94. The molecule has 26 heavy (non-hydrogen) atoms. The van der Waals surface area contributed by atoms with E-state index >= 15 is 0 Å². The topological polar surface area (TPSA) is 91.7 Å². The van der Waals surface area contributed by atoms with E-state index in [2.05, 4.69) is 0 Å². The van der Waals surface area contributed by atoms with Crippen molar-refractivity contribution in [3.63, 3.8) is 0 Å². The molecule has 148 valence electrons. The third-order valence-corrected chi connectivity index (χ3v) is 4.94. The van der Waals surface area contributed by atoms with Gasteiger partial charge in [0.15, 0.2) is 23.0 Å². The maximum atomic E-state index is 12.9. The minimum absolute atomic E-state index is 0.00931. The molecule has 0 fully saturated rings. The fourth-order valence-electron chi connectivity index (χ4n) is 3.36. The van der Waals surface area contributed by atoms with E-state index in [1.54, 1.807) is 0 Å². The van der Waals surface area contributed by atoms with Crippen molar-refractivity contribution in [1.29, 1.82) is 0 Å². The molecule has 0 aromatic rings. The molecule has 1 aliphatic rings. The van der Waals surface area contributed by atoms with E-state index in [9.17, 15) is 24.6 Å². The summed E-state index contributed by atoms with van der Waals surface area (Å²) in [7, 11) is 0. The second-order valence-electron chi connectivity index (χ2n) is 8.75. The molecule has 0 bridgehead atoms. The monoisotopic (exact) mass is 366 g/mol. The van der Waals surface area contributed by atoms with Crippen LogP contribution < -0.4 is 0 Å². The highest BCUT2D eigenvalue weighted by Gasteiger charge is 2.58. The lowest BCUT2D eigenvalue weighted by Gasteiger charge is -2.28. The third kappa shape index (κ3) is 4.81. The zero-order chi connectivity index (χ0) is 20.2. The number of allylic oxidation sites excluding steroid dienone is 1. The molecule has 0 spiro atoms. The van der Waals surface area contributed by atoms with Gasteiger partial charge in [0.05, 0.1) is 5.92 Å². The van der Waals surface area contributed by atoms with E-state index in [4.69, 9.17) is 0 Å². The molecule has 5 heteroatoms. The summed E-state index contributed by atoms with van der Waals surface area (Å²) in [6.07, 6.45) is 1.60. The van der Waals surface area contributed by atoms with Crippen molar-refractivity contribution in [2.45, 2.75) is 79.2 Å². The van der Waals surface area contributed by atoms with E-state index in [0.717, 1.165) is 0 Å². The van der Waals surface area contributed by atoms with Crippen LogP contribution in [0.5, 0.6) is 0 Å². The fourth-order valence-corrected chi connectivity index (χ4v) is 3.36. The summed E-state index contributed by atoms with van der Waals surface area (Å²) >= 11 is 0. The SMILES string of the molecule is CC(C)CCC(=O)[C@]1(O)C(O)=C(C(=O)CC(C)C)C(=O)[C@H]1CCC(C)C. The number of carbonyl (C=O) groups is 3. The Morgan fingerprint density at radius 2 is 1.54 bits per heavy atom. The maximum Gasteiger partial charge on any atom is 0.190 e. The zero-order valence-electron chi connectivity index (χ0n) is 17.0. The number of ketones is 3. The minimum atomic E-state index is -2.26. The van der Waals surface area contributed by atoms with Crippen LogP contribution in [0.25, 0.3) is 0 Å². The molecule has 0 aliphatic heterocycles. The standard InChI is InChI=1S/C21H34O5/c1-12(2)7-9-15-19(24)18(16(22)11-14(5)6)20(25)21(15,26)17(23)10-8-13(3)4/h12-15,25-26H,7-11H2,1-6H3/t15-,21+/m1/s1. The summed E-state index contributed by atoms with van der Waals surface area (Å²) < 4.78 is 0. The van der Waals surface area contributed by atoms with Crippen LogP contribution in [0.15, 0.2) is 11.3 Å². The van der Waals surface area contributed by atoms with Crippen LogP contribution in [0, 0.1) is 23.7 Å². The van der Waals surface area contributed by atoms with Crippen molar-refractivity contribution < 1.29 is 24.6 Å². The Morgan fingerprint density at radius 3 is 2.00 bits per heavy atom. The molecule has 0 saturated heterocycles. The molecule has 0 radical (unpaired) electrons. The zero-order valence-corrected chi connectivity index (χ0v) is 17.0. The number of aliphatic hydroxyl groups excluding tert-OH is 1. The summed E-state index contributed by atoms with van der Waals surface area (Å²) in [4.78, 5) is 38.1. The van der Waals surface area contributed by atoms with Crippen molar-refractivity contribution in [3.05, 3.63) is 11.3 Å². The van der Waals surface area contributed by atoms with Crippen LogP contribution in [0.4, 0.5) is 0 Å². The van der Waals surface area contributed by atoms with E-state index in [1.165, 1.54) is 0 Å². The summed E-state index contributed by atoms with van der Waals surface area (Å²) in [6.45, 7) is 11.6. The number of rotatable bonds is 10. The lowest BCUT2D eigenvalue weighted by molar-refractivity contribution is -0.145. The van der Waals surface area contributed by atoms with Gasteiger partial charge in [-0.05, 0) is 30.6 Å². The highest BCUT2D eigenvalue weighted by Crippen LogP contribution is 2.42. The van der Waals surface area contributed by atoms with Gasteiger partial charge in [-0.3, -0.25) is 14.4 Å². The number of hydrogen-bond donors (Lipinski definition) is 2. The van der Waals surface area contributed by atoms with Gasteiger partial charge in [0.2, 0.25) is 0 Å². The number of aliphatic hydroxyl groups is 2. The second-order valence-corrected chi connectivity index (χ2v) is 8.75. The summed E-state index contributed by atoms with van der Waals surface area (Å²) in [5, 5.41) is 21.7. The average molecular weight is 366 g/mol. The van der Waals surface area contributed by atoms with Gasteiger partial charge >= 0.3 is 0 Å². The van der Waals surface area contributed by atoms with Gasteiger partial charge in [-0.25, -0.2) is 0 Å². The quantitative estimate of drug-likeness (QED) is 0.574. The van der Waals surface area contributed by atoms with Gasteiger partial charge in [0.1, 0.15) is 11.3 Å². The summed E-state index contributed by atoms with van der Waals surface area (Å²) in [5.41, 5.74) is -2.63. The molecule has 0 aromatic heterocycles. The van der Waals surface area contributed by atoms with Crippen LogP contribution in [-0.2, 0) is 14.4 Å².